The number of alkyl halides is 8. The van der Waals surface area contributed by atoms with Gasteiger partial charge in [0.15, 0.2) is 12.4 Å². The van der Waals surface area contributed by atoms with Crippen LogP contribution in [-0.2, 0) is 6.61 Å². The summed E-state index contributed by atoms with van der Waals surface area (Å²) in [7, 11) is 0. The first-order chi connectivity index (χ1) is 16.3. The minimum Gasteiger partial charge on any atom is -0.486 e. The zero-order chi connectivity index (χ0) is 26.0. The van der Waals surface area contributed by atoms with Crippen molar-refractivity contribution in [3.8, 4) is 11.5 Å². The van der Waals surface area contributed by atoms with Crippen LogP contribution in [0, 0.1) is 0 Å². The molecule has 0 spiro atoms. The number of hydrogen-bond acceptors (Lipinski definition) is 4. The van der Waals surface area contributed by atoms with Crippen LogP contribution in [0.25, 0.3) is 10.9 Å². The Bertz CT molecular complexity index is 1200. The molecule has 12 heteroatoms. The highest BCUT2D eigenvalue weighted by atomic mass is 19.4. The summed E-state index contributed by atoms with van der Waals surface area (Å²) in [5.41, 5.74) is 0.304. The molecule has 0 radical (unpaired) electrons. The molecule has 1 aromatic heterocycles. The second-order valence-electron chi connectivity index (χ2n) is 7.48. The standard InChI is InChI=1S/C23H17F8NO3/c1-13(33)18-17(34-11-14-6-3-2-4-7-14)10-15-8-5-9-16(19(15)32-18)35-12-21(26,27)23(30,31)22(28,29)20(24)25/h2-10,20H,11-12H2,1H3. The molecule has 0 aliphatic heterocycles. The molecule has 0 bridgehead atoms. The number of carbonyl (C=O) groups excluding carboxylic acids is 1. The lowest BCUT2D eigenvalue weighted by Gasteiger charge is -2.32. The molecule has 3 aromatic rings. The summed E-state index contributed by atoms with van der Waals surface area (Å²) in [5, 5.41) is 0.184. The third-order valence-electron chi connectivity index (χ3n) is 4.91. The van der Waals surface area contributed by atoms with Crippen LogP contribution in [-0.4, -0.2) is 41.6 Å². The summed E-state index contributed by atoms with van der Waals surface area (Å²) in [4.78, 5) is 16.1. The van der Waals surface area contributed by atoms with Gasteiger partial charge in [-0.25, -0.2) is 13.8 Å². The van der Waals surface area contributed by atoms with E-state index in [1.807, 2.05) is 0 Å². The SMILES string of the molecule is CC(=O)c1nc2c(OCC(F)(F)C(F)(F)C(F)(F)C(F)F)cccc2cc1OCc1ccccc1. The molecular formula is C23H17F8NO3. The van der Waals surface area contributed by atoms with E-state index < -0.39 is 42.3 Å². The Morgan fingerprint density at radius 2 is 1.57 bits per heavy atom. The summed E-state index contributed by atoms with van der Waals surface area (Å²) in [6, 6.07) is 13.9. The van der Waals surface area contributed by atoms with Gasteiger partial charge in [0.05, 0.1) is 0 Å². The van der Waals surface area contributed by atoms with Crippen molar-refractivity contribution < 1.29 is 49.4 Å². The minimum atomic E-state index is -6.41. The minimum absolute atomic E-state index is 0.0411. The maximum atomic E-state index is 13.9. The molecule has 0 fully saturated rings. The van der Waals surface area contributed by atoms with Crippen molar-refractivity contribution in [3.05, 3.63) is 65.9 Å². The number of para-hydroxylation sites is 1. The Labute approximate surface area is 193 Å². The lowest BCUT2D eigenvalue weighted by molar-refractivity contribution is -0.342. The number of halogens is 8. The number of hydrogen-bond donors (Lipinski definition) is 0. The van der Waals surface area contributed by atoms with Crippen molar-refractivity contribution in [2.24, 2.45) is 0 Å². The van der Waals surface area contributed by atoms with E-state index in [2.05, 4.69) is 9.72 Å². The average molecular weight is 507 g/mol. The first kappa shape index (κ1) is 26.2. The van der Waals surface area contributed by atoms with Gasteiger partial charge in [0.25, 0.3) is 0 Å². The molecule has 0 N–H and O–H groups in total. The summed E-state index contributed by atoms with van der Waals surface area (Å²) in [5.74, 6) is -19.5. The Hall–Kier alpha value is -3.44. The van der Waals surface area contributed by atoms with E-state index in [9.17, 15) is 39.9 Å². The largest absolute Gasteiger partial charge is 0.486 e. The van der Waals surface area contributed by atoms with Crippen molar-refractivity contribution in [3.63, 3.8) is 0 Å². The van der Waals surface area contributed by atoms with Crippen LogP contribution in [0.4, 0.5) is 35.1 Å². The number of benzene rings is 2. The quantitative estimate of drug-likeness (QED) is 0.230. The molecule has 4 nitrogen and oxygen atoms in total. The molecule has 3 rings (SSSR count). The van der Waals surface area contributed by atoms with Crippen LogP contribution in [0.3, 0.4) is 0 Å². The predicted octanol–water partition coefficient (Wildman–Crippen LogP) is 6.57. The second-order valence-corrected chi connectivity index (χ2v) is 7.48. The topological polar surface area (TPSA) is 48.4 Å². The normalized spacial score (nSPS) is 12.7. The molecule has 0 unspecified atom stereocenters. The first-order valence-corrected chi connectivity index (χ1v) is 9.94. The Morgan fingerprint density at radius 1 is 0.914 bits per heavy atom. The van der Waals surface area contributed by atoms with Crippen LogP contribution in [0.1, 0.15) is 23.0 Å². The lowest BCUT2D eigenvalue weighted by Crippen LogP contribution is -2.59. The number of fused-ring (bicyclic) bond motifs is 1. The number of aromatic nitrogens is 1. The van der Waals surface area contributed by atoms with E-state index >= 15 is 0 Å². The maximum absolute atomic E-state index is 13.9. The molecule has 2 aromatic carbocycles. The highest BCUT2D eigenvalue weighted by Crippen LogP contribution is 2.48. The third-order valence-corrected chi connectivity index (χ3v) is 4.91. The highest BCUT2D eigenvalue weighted by Gasteiger charge is 2.75. The van der Waals surface area contributed by atoms with Crippen LogP contribution in [0.5, 0.6) is 11.5 Å². The maximum Gasteiger partial charge on any atom is 0.381 e. The number of pyridine rings is 1. The fourth-order valence-electron chi connectivity index (χ4n) is 3.01. The molecule has 0 atom stereocenters. The fourth-order valence-corrected chi connectivity index (χ4v) is 3.01. The molecule has 0 saturated carbocycles. The molecule has 35 heavy (non-hydrogen) atoms. The van der Waals surface area contributed by atoms with E-state index in [0.717, 1.165) is 18.6 Å². The molecular weight excluding hydrogens is 490 g/mol. The zero-order valence-electron chi connectivity index (χ0n) is 17.9. The molecule has 0 saturated heterocycles. The van der Waals surface area contributed by atoms with Gasteiger partial charge in [-0.05, 0) is 17.7 Å². The van der Waals surface area contributed by atoms with Crippen LogP contribution in [0.2, 0.25) is 0 Å². The van der Waals surface area contributed by atoms with Gasteiger partial charge in [-0.3, -0.25) is 4.79 Å². The van der Waals surface area contributed by atoms with Crippen molar-refractivity contribution >= 4 is 16.7 Å². The monoisotopic (exact) mass is 507 g/mol. The zero-order valence-corrected chi connectivity index (χ0v) is 17.9. The van der Waals surface area contributed by atoms with E-state index in [1.165, 1.54) is 18.2 Å². The van der Waals surface area contributed by atoms with Crippen molar-refractivity contribution in [1.29, 1.82) is 0 Å². The average Bonchev–Trinajstić information content (AvgIpc) is 2.80. The molecule has 1 heterocycles. The smallest absolute Gasteiger partial charge is 0.381 e. The van der Waals surface area contributed by atoms with E-state index in [1.54, 1.807) is 30.3 Å². The summed E-state index contributed by atoms with van der Waals surface area (Å²) in [6.45, 7) is -1.15. The van der Waals surface area contributed by atoms with E-state index in [0.29, 0.717) is 0 Å². The van der Waals surface area contributed by atoms with Gasteiger partial charge in [-0.1, -0.05) is 42.5 Å². The second kappa shape index (κ2) is 9.67. The Kier molecular flexibility index (Phi) is 7.23. The number of carbonyl (C=O) groups is 1. The van der Waals surface area contributed by atoms with E-state index in [-0.39, 0.29) is 29.0 Å². The Balaban J connectivity index is 1.91. The number of ether oxygens (including phenoxy) is 2. The van der Waals surface area contributed by atoms with Crippen molar-refractivity contribution in [2.75, 3.05) is 6.61 Å². The Morgan fingerprint density at radius 3 is 2.17 bits per heavy atom. The molecule has 188 valence electrons. The number of Topliss-reactive ketones (excluding diaryl/α,β-unsaturated/α-hetero) is 1. The van der Waals surface area contributed by atoms with Gasteiger partial charge in [-0.2, -0.15) is 26.3 Å². The van der Waals surface area contributed by atoms with Crippen molar-refractivity contribution in [2.45, 2.75) is 37.7 Å². The number of nitrogens with zero attached hydrogens (tertiary/aromatic N) is 1. The molecule has 0 aliphatic rings. The predicted molar refractivity (Wildman–Crippen MR) is 109 cm³/mol. The van der Waals surface area contributed by atoms with Crippen molar-refractivity contribution in [1.82, 2.24) is 4.98 Å². The fraction of sp³-hybridized carbons (Fsp3) is 0.304. The first-order valence-electron chi connectivity index (χ1n) is 9.94. The van der Waals surface area contributed by atoms with Gasteiger partial charge in [0.1, 0.15) is 29.3 Å². The summed E-state index contributed by atoms with van der Waals surface area (Å²) in [6.07, 6.45) is -5.03. The van der Waals surface area contributed by atoms with Gasteiger partial charge in [0.2, 0.25) is 0 Å². The van der Waals surface area contributed by atoms with Gasteiger partial charge in [-0.15, -0.1) is 0 Å². The summed E-state index contributed by atoms with van der Waals surface area (Å²) >= 11 is 0. The van der Waals surface area contributed by atoms with Gasteiger partial charge in [0, 0.05) is 12.3 Å². The van der Waals surface area contributed by atoms with Gasteiger partial charge >= 0.3 is 24.2 Å². The summed E-state index contributed by atoms with van der Waals surface area (Å²) < 4.78 is 116. The molecule has 0 aliphatic carbocycles. The molecule has 0 amide bonds. The van der Waals surface area contributed by atoms with E-state index in [4.69, 9.17) is 4.74 Å². The van der Waals surface area contributed by atoms with Crippen LogP contribution >= 0.6 is 0 Å². The highest BCUT2D eigenvalue weighted by molar-refractivity contribution is 5.98. The third kappa shape index (κ3) is 5.15. The number of ketones is 1. The van der Waals surface area contributed by atoms with Crippen LogP contribution < -0.4 is 9.47 Å². The van der Waals surface area contributed by atoms with Crippen LogP contribution in [0.15, 0.2) is 54.6 Å². The lowest BCUT2D eigenvalue weighted by atomic mass is 10.1. The van der Waals surface area contributed by atoms with Gasteiger partial charge < -0.3 is 9.47 Å². The number of rotatable bonds is 10.